The summed E-state index contributed by atoms with van der Waals surface area (Å²) in [5.41, 5.74) is 1.95. The molecule has 1 aliphatic rings. The maximum atomic E-state index is 12.7. The Morgan fingerprint density at radius 1 is 1.44 bits per heavy atom. The van der Waals surface area contributed by atoms with Gasteiger partial charge in [-0.2, -0.15) is 5.10 Å². The summed E-state index contributed by atoms with van der Waals surface area (Å²) in [7, 11) is 1.84. The number of aromatic nitrogens is 2. The number of halogens is 1. The van der Waals surface area contributed by atoms with Crippen molar-refractivity contribution in [2.45, 2.75) is 12.8 Å². The number of benzene rings is 1. The summed E-state index contributed by atoms with van der Waals surface area (Å²) >= 11 is 0. The molecule has 0 aliphatic carbocycles. The van der Waals surface area contributed by atoms with Crippen LogP contribution >= 0.6 is 12.4 Å². The van der Waals surface area contributed by atoms with E-state index < -0.39 is 4.92 Å². The fraction of sp³-hybridized carbons (Fsp3) is 0.375. The molecule has 0 saturated carbocycles. The normalized spacial score (nSPS) is 19.3. The van der Waals surface area contributed by atoms with E-state index in [4.69, 9.17) is 0 Å². The van der Waals surface area contributed by atoms with Crippen molar-refractivity contribution >= 4 is 29.7 Å². The van der Waals surface area contributed by atoms with E-state index in [0.29, 0.717) is 24.3 Å². The monoisotopic (exact) mass is 365 g/mol. The molecule has 2 aromatic rings. The predicted molar refractivity (Wildman–Crippen MR) is 96.0 cm³/mol. The molecule has 0 spiro atoms. The molecule has 1 aliphatic heterocycles. The van der Waals surface area contributed by atoms with Crippen LogP contribution in [0.15, 0.2) is 30.6 Å². The average molecular weight is 366 g/mol. The molecule has 0 bridgehead atoms. The van der Waals surface area contributed by atoms with Crippen LogP contribution in [-0.2, 0) is 11.8 Å². The Morgan fingerprint density at radius 2 is 2.20 bits per heavy atom. The van der Waals surface area contributed by atoms with Crippen LogP contribution in [0, 0.1) is 23.0 Å². The van der Waals surface area contributed by atoms with Crippen molar-refractivity contribution in [1.82, 2.24) is 15.1 Å². The Morgan fingerprint density at radius 3 is 2.84 bits per heavy atom. The molecule has 0 radical (unpaired) electrons. The molecule has 2 atom stereocenters. The number of carbonyl (C=O) groups is 1. The van der Waals surface area contributed by atoms with Gasteiger partial charge in [-0.1, -0.05) is 6.07 Å². The average Bonchev–Trinajstić information content (AvgIpc) is 3.17. The second-order valence-electron chi connectivity index (χ2n) is 6.01. The molecule has 1 amide bonds. The Hall–Kier alpha value is -2.45. The van der Waals surface area contributed by atoms with Gasteiger partial charge in [-0.25, -0.2) is 0 Å². The third-order valence-corrected chi connectivity index (χ3v) is 4.46. The van der Waals surface area contributed by atoms with Crippen LogP contribution < -0.4 is 10.6 Å². The largest absolute Gasteiger partial charge is 0.325 e. The van der Waals surface area contributed by atoms with Gasteiger partial charge in [-0.3, -0.25) is 19.6 Å². The number of nitrogens with zero attached hydrogens (tertiary/aromatic N) is 3. The number of nitro groups is 1. The quantitative estimate of drug-likeness (QED) is 0.637. The SMILES string of the molecule is Cc1c(NC(=O)[C@H]2CNC[C@@H]2c2cnn(C)c2)cccc1[N+](=O)[O-].Cl. The number of carbonyl (C=O) groups excluding carboxylic acids is 1. The van der Waals surface area contributed by atoms with Gasteiger partial charge in [-0.15, -0.1) is 12.4 Å². The number of rotatable bonds is 4. The molecule has 1 aromatic carbocycles. The number of aryl methyl sites for hydroxylation is 1. The van der Waals surface area contributed by atoms with Gasteiger partial charge in [0.25, 0.3) is 5.69 Å². The predicted octanol–water partition coefficient (Wildman–Crippen LogP) is 2.00. The molecule has 1 fully saturated rings. The molecule has 134 valence electrons. The minimum absolute atomic E-state index is 0. The first-order valence-electron chi connectivity index (χ1n) is 7.71. The van der Waals surface area contributed by atoms with Crippen LogP contribution in [0.4, 0.5) is 11.4 Å². The van der Waals surface area contributed by atoms with Crippen molar-refractivity contribution in [3.8, 4) is 0 Å². The van der Waals surface area contributed by atoms with Crippen LogP contribution in [0.1, 0.15) is 17.0 Å². The number of hydrogen-bond acceptors (Lipinski definition) is 5. The van der Waals surface area contributed by atoms with Gasteiger partial charge in [0.15, 0.2) is 0 Å². The van der Waals surface area contributed by atoms with E-state index in [1.165, 1.54) is 6.07 Å². The number of amides is 1. The van der Waals surface area contributed by atoms with Gasteiger partial charge in [0, 0.05) is 38.3 Å². The summed E-state index contributed by atoms with van der Waals surface area (Å²) in [5.74, 6) is -0.344. The van der Waals surface area contributed by atoms with Crippen LogP contribution in [0.3, 0.4) is 0 Å². The lowest BCUT2D eigenvalue weighted by Gasteiger charge is -2.17. The third kappa shape index (κ3) is 3.80. The van der Waals surface area contributed by atoms with Crippen molar-refractivity contribution in [3.63, 3.8) is 0 Å². The zero-order valence-electron chi connectivity index (χ0n) is 13.9. The van der Waals surface area contributed by atoms with E-state index in [1.54, 1.807) is 29.9 Å². The first-order chi connectivity index (χ1) is 11.5. The zero-order valence-corrected chi connectivity index (χ0v) is 14.7. The Bertz CT molecular complexity index is 792. The molecule has 2 N–H and O–H groups in total. The Labute approximate surface area is 151 Å². The van der Waals surface area contributed by atoms with Gasteiger partial charge in [0.1, 0.15) is 0 Å². The molecule has 8 nitrogen and oxygen atoms in total. The second-order valence-corrected chi connectivity index (χ2v) is 6.01. The molecule has 3 rings (SSSR count). The van der Waals surface area contributed by atoms with E-state index in [9.17, 15) is 14.9 Å². The first kappa shape index (κ1) is 18.9. The number of nitrogens with one attached hydrogen (secondary N) is 2. The summed E-state index contributed by atoms with van der Waals surface area (Å²) in [5, 5.41) is 21.3. The molecule has 2 heterocycles. The van der Waals surface area contributed by atoms with Gasteiger partial charge >= 0.3 is 0 Å². The molecule has 9 heteroatoms. The summed E-state index contributed by atoms with van der Waals surface area (Å²) in [4.78, 5) is 23.3. The van der Waals surface area contributed by atoms with Crippen LogP contribution in [0.2, 0.25) is 0 Å². The van der Waals surface area contributed by atoms with Crippen molar-refractivity contribution in [2.24, 2.45) is 13.0 Å². The van der Waals surface area contributed by atoms with Crippen molar-refractivity contribution < 1.29 is 9.72 Å². The van der Waals surface area contributed by atoms with Gasteiger partial charge < -0.3 is 10.6 Å². The van der Waals surface area contributed by atoms with Gasteiger partial charge in [-0.05, 0) is 18.6 Å². The van der Waals surface area contributed by atoms with Crippen molar-refractivity contribution in [1.29, 1.82) is 0 Å². The lowest BCUT2D eigenvalue weighted by atomic mass is 9.90. The molecule has 1 aromatic heterocycles. The standard InChI is InChI=1S/C16H19N5O3.ClH/c1-10-14(4-3-5-15(10)21(23)24)19-16(22)13-8-17-7-12(13)11-6-18-20(2)9-11;/h3-6,9,12-13,17H,7-8H2,1-2H3,(H,19,22);1H/t12-,13+;/m1./s1. The lowest BCUT2D eigenvalue weighted by Crippen LogP contribution is -2.28. The highest BCUT2D eigenvalue weighted by Crippen LogP contribution is 2.30. The van der Waals surface area contributed by atoms with E-state index >= 15 is 0 Å². The van der Waals surface area contributed by atoms with Crippen molar-refractivity contribution in [2.75, 3.05) is 18.4 Å². The Kier molecular flexibility index (Phi) is 5.76. The molecular formula is C16H20ClN5O3. The highest BCUT2D eigenvalue weighted by atomic mass is 35.5. The smallest absolute Gasteiger partial charge is 0.274 e. The molecular weight excluding hydrogens is 346 g/mol. The molecule has 25 heavy (non-hydrogen) atoms. The number of nitro benzene ring substituents is 1. The molecule has 0 unspecified atom stereocenters. The Balaban J connectivity index is 0.00000225. The summed E-state index contributed by atoms with van der Waals surface area (Å²) < 4.78 is 1.72. The highest BCUT2D eigenvalue weighted by Gasteiger charge is 2.35. The van der Waals surface area contributed by atoms with Crippen LogP contribution in [0.25, 0.3) is 0 Å². The second kappa shape index (κ2) is 7.62. The summed E-state index contributed by atoms with van der Waals surface area (Å²) in [6, 6.07) is 4.69. The molecule has 1 saturated heterocycles. The van der Waals surface area contributed by atoms with Gasteiger partial charge in [0.05, 0.1) is 28.3 Å². The maximum Gasteiger partial charge on any atom is 0.274 e. The van der Waals surface area contributed by atoms with Crippen LogP contribution in [-0.4, -0.2) is 33.7 Å². The minimum Gasteiger partial charge on any atom is -0.325 e. The topological polar surface area (TPSA) is 102 Å². The van der Waals surface area contributed by atoms with Gasteiger partial charge in [0.2, 0.25) is 5.91 Å². The summed E-state index contributed by atoms with van der Waals surface area (Å²) in [6.45, 7) is 2.91. The highest BCUT2D eigenvalue weighted by molar-refractivity contribution is 5.94. The zero-order chi connectivity index (χ0) is 17.3. The number of anilines is 1. The van der Waals surface area contributed by atoms with E-state index in [0.717, 1.165) is 5.56 Å². The fourth-order valence-electron chi connectivity index (χ4n) is 3.12. The van der Waals surface area contributed by atoms with E-state index in [-0.39, 0.29) is 35.8 Å². The third-order valence-electron chi connectivity index (χ3n) is 4.46. The summed E-state index contributed by atoms with van der Waals surface area (Å²) in [6.07, 6.45) is 3.69. The van der Waals surface area contributed by atoms with Crippen molar-refractivity contribution in [3.05, 3.63) is 51.8 Å². The maximum absolute atomic E-state index is 12.7. The minimum atomic E-state index is -0.444. The van der Waals surface area contributed by atoms with E-state index in [2.05, 4.69) is 15.7 Å². The van der Waals surface area contributed by atoms with E-state index in [1.807, 2.05) is 13.2 Å². The number of hydrogen-bond donors (Lipinski definition) is 2. The fourth-order valence-corrected chi connectivity index (χ4v) is 3.12. The first-order valence-corrected chi connectivity index (χ1v) is 7.71. The van der Waals surface area contributed by atoms with Crippen LogP contribution in [0.5, 0.6) is 0 Å². The lowest BCUT2D eigenvalue weighted by molar-refractivity contribution is -0.385.